The Bertz CT molecular complexity index is 340. The number of likely N-dealkylation sites (tertiary alicyclic amines) is 1. The first-order chi connectivity index (χ1) is 9.09. The fraction of sp³-hybridized carbons (Fsp3) is 0.857. The molecule has 2 fully saturated rings. The van der Waals surface area contributed by atoms with Gasteiger partial charge < -0.3 is 15.3 Å². The molecule has 0 spiro atoms. The van der Waals surface area contributed by atoms with Gasteiger partial charge in [-0.1, -0.05) is 6.92 Å². The summed E-state index contributed by atoms with van der Waals surface area (Å²) in [7, 11) is 0. The number of nitrogens with zero attached hydrogens (tertiary/aromatic N) is 1. The first-order valence-corrected chi connectivity index (χ1v) is 7.32. The summed E-state index contributed by atoms with van der Waals surface area (Å²) in [6.07, 6.45) is 4.23. The highest BCUT2D eigenvalue weighted by Crippen LogP contribution is 2.25. The van der Waals surface area contributed by atoms with Crippen LogP contribution in [0.15, 0.2) is 0 Å². The zero-order valence-electron chi connectivity index (χ0n) is 11.6. The first kappa shape index (κ1) is 14.3. The largest absolute Gasteiger partial charge is 0.480 e. The zero-order valence-corrected chi connectivity index (χ0v) is 11.6. The molecule has 2 aliphatic rings. The average Bonchev–Trinajstić information content (AvgIpc) is 2.89. The topological polar surface area (TPSA) is 69.6 Å². The van der Waals surface area contributed by atoms with Crippen LogP contribution in [0.25, 0.3) is 0 Å². The van der Waals surface area contributed by atoms with E-state index in [0.717, 1.165) is 19.5 Å². The number of piperidine rings is 1. The minimum Gasteiger partial charge on any atom is -0.480 e. The molecule has 19 heavy (non-hydrogen) atoms. The second-order valence-electron chi connectivity index (χ2n) is 5.87. The molecule has 0 saturated carbocycles. The molecule has 1 amide bonds. The van der Waals surface area contributed by atoms with E-state index in [4.69, 9.17) is 5.11 Å². The van der Waals surface area contributed by atoms with Gasteiger partial charge in [0.2, 0.25) is 5.91 Å². The second-order valence-corrected chi connectivity index (χ2v) is 5.87. The number of aliphatic carboxylic acids is 1. The van der Waals surface area contributed by atoms with E-state index >= 15 is 0 Å². The van der Waals surface area contributed by atoms with Crippen molar-refractivity contribution in [2.45, 2.75) is 45.1 Å². The molecule has 108 valence electrons. The lowest BCUT2D eigenvalue weighted by Gasteiger charge is -2.30. The summed E-state index contributed by atoms with van der Waals surface area (Å²) in [4.78, 5) is 24.9. The summed E-state index contributed by atoms with van der Waals surface area (Å²) in [5.41, 5.74) is 0. The molecule has 0 radical (unpaired) electrons. The Balaban J connectivity index is 1.87. The van der Waals surface area contributed by atoms with Gasteiger partial charge in [-0.2, -0.15) is 0 Å². The lowest BCUT2D eigenvalue weighted by atomic mass is 9.85. The molecule has 0 aromatic rings. The molecule has 0 aliphatic carbocycles. The van der Waals surface area contributed by atoms with E-state index in [1.54, 1.807) is 4.90 Å². The molecule has 2 aliphatic heterocycles. The molecular weight excluding hydrogens is 244 g/mol. The molecule has 5 heteroatoms. The minimum absolute atomic E-state index is 0.0166. The molecule has 0 bridgehead atoms. The van der Waals surface area contributed by atoms with Crippen LogP contribution in [0, 0.1) is 11.8 Å². The van der Waals surface area contributed by atoms with Crippen molar-refractivity contribution in [3.63, 3.8) is 0 Å². The Morgan fingerprint density at radius 2 is 2.16 bits per heavy atom. The Morgan fingerprint density at radius 3 is 2.79 bits per heavy atom. The summed E-state index contributed by atoms with van der Waals surface area (Å²) < 4.78 is 0. The quantitative estimate of drug-likeness (QED) is 0.800. The van der Waals surface area contributed by atoms with E-state index in [1.165, 1.54) is 12.8 Å². The first-order valence-electron chi connectivity index (χ1n) is 7.32. The van der Waals surface area contributed by atoms with Crippen LogP contribution in [0.3, 0.4) is 0 Å². The van der Waals surface area contributed by atoms with E-state index in [9.17, 15) is 9.59 Å². The molecule has 0 aromatic carbocycles. The van der Waals surface area contributed by atoms with Crippen molar-refractivity contribution in [3.05, 3.63) is 0 Å². The molecule has 0 aromatic heterocycles. The van der Waals surface area contributed by atoms with Crippen molar-refractivity contribution < 1.29 is 14.7 Å². The van der Waals surface area contributed by atoms with Gasteiger partial charge in [0.25, 0.3) is 0 Å². The van der Waals surface area contributed by atoms with Gasteiger partial charge in [0.1, 0.15) is 6.04 Å². The average molecular weight is 268 g/mol. The lowest BCUT2D eigenvalue weighted by molar-refractivity contribution is -0.148. The van der Waals surface area contributed by atoms with Crippen LogP contribution in [0.5, 0.6) is 0 Å². The van der Waals surface area contributed by atoms with Gasteiger partial charge in [-0.05, 0) is 50.6 Å². The van der Waals surface area contributed by atoms with Gasteiger partial charge in [0, 0.05) is 13.0 Å². The summed E-state index contributed by atoms with van der Waals surface area (Å²) >= 11 is 0. The Kier molecular flexibility index (Phi) is 4.80. The van der Waals surface area contributed by atoms with Gasteiger partial charge in [-0.3, -0.25) is 4.79 Å². The minimum atomic E-state index is -0.863. The van der Waals surface area contributed by atoms with Crippen molar-refractivity contribution in [1.29, 1.82) is 0 Å². The van der Waals surface area contributed by atoms with Crippen LogP contribution in [-0.4, -0.2) is 47.6 Å². The summed E-state index contributed by atoms with van der Waals surface area (Å²) in [5, 5.41) is 12.5. The fourth-order valence-electron chi connectivity index (χ4n) is 3.25. The normalized spacial score (nSPS) is 29.2. The van der Waals surface area contributed by atoms with Gasteiger partial charge in [0.15, 0.2) is 0 Å². The second kappa shape index (κ2) is 6.37. The highest BCUT2D eigenvalue weighted by atomic mass is 16.4. The van der Waals surface area contributed by atoms with Crippen molar-refractivity contribution >= 4 is 11.9 Å². The third kappa shape index (κ3) is 3.47. The molecule has 5 nitrogen and oxygen atoms in total. The number of carboxylic acids is 1. The predicted molar refractivity (Wildman–Crippen MR) is 71.7 cm³/mol. The number of carbonyl (C=O) groups excluding carboxylic acids is 1. The summed E-state index contributed by atoms with van der Waals surface area (Å²) in [6, 6.07) is -0.593. The van der Waals surface area contributed by atoms with E-state index in [2.05, 4.69) is 12.2 Å². The van der Waals surface area contributed by atoms with Crippen molar-refractivity contribution in [2.75, 3.05) is 19.6 Å². The van der Waals surface area contributed by atoms with Gasteiger partial charge in [0.05, 0.1) is 0 Å². The van der Waals surface area contributed by atoms with Crippen LogP contribution in [0.1, 0.15) is 39.0 Å². The van der Waals surface area contributed by atoms with Crippen LogP contribution in [0.4, 0.5) is 0 Å². The number of amides is 1. The van der Waals surface area contributed by atoms with E-state index in [1.807, 2.05) is 0 Å². The van der Waals surface area contributed by atoms with Gasteiger partial charge in [-0.25, -0.2) is 4.79 Å². The monoisotopic (exact) mass is 268 g/mol. The molecule has 2 N–H and O–H groups in total. The van der Waals surface area contributed by atoms with Gasteiger partial charge >= 0.3 is 5.97 Å². The van der Waals surface area contributed by atoms with Crippen molar-refractivity contribution in [3.8, 4) is 0 Å². The van der Waals surface area contributed by atoms with Crippen LogP contribution < -0.4 is 5.32 Å². The van der Waals surface area contributed by atoms with Crippen LogP contribution in [0.2, 0.25) is 0 Å². The number of hydrogen-bond acceptors (Lipinski definition) is 3. The maximum atomic E-state index is 12.3. The van der Waals surface area contributed by atoms with Crippen LogP contribution >= 0.6 is 0 Å². The molecule has 2 rings (SSSR count). The molecular formula is C14H24N2O3. The predicted octanol–water partition coefficient (Wildman–Crippen LogP) is 1.09. The van der Waals surface area contributed by atoms with Crippen molar-refractivity contribution in [1.82, 2.24) is 10.2 Å². The zero-order chi connectivity index (χ0) is 13.8. The fourth-order valence-corrected chi connectivity index (χ4v) is 3.25. The Morgan fingerprint density at radius 1 is 1.37 bits per heavy atom. The number of hydrogen-bond donors (Lipinski definition) is 2. The summed E-state index contributed by atoms with van der Waals surface area (Å²) in [5.74, 6) is 0.0275. The standard InChI is InChI=1S/C14H24N2O3/c1-10(11-4-2-6-15-9-11)8-13(17)16-7-3-5-12(16)14(18)19/h10-12,15H,2-9H2,1H3,(H,18,19). The number of carbonyl (C=O) groups is 2. The number of rotatable bonds is 4. The third-order valence-corrected chi connectivity index (χ3v) is 4.49. The lowest BCUT2D eigenvalue weighted by Crippen LogP contribution is -2.42. The summed E-state index contributed by atoms with van der Waals surface area (Å²) in [6.45, 7) is 4.77. The highest BCUT2D eigenvalue weighted by Gasteiger charge is 2.35. The highest BCUT2D eigenvalue weighted by molar-refractivity contribution is 5.84. The van der Waals surface area contributed by atoms with E-state index < -0.39 is 12.0 Å². The molecule has 2 heterocycles. The molecule has 2 saturated heterocycles. The van der Waals surface area contributed by atoms with Crippen LogP contribution in [-0.2, 0) is 9.59 Å². The molecule has 3 unspecified atom stereocenters. The van der Waals surface area contributed by atoms with E-state index in [0.29, 0.717) is 31.2 Å². The number of nitrogens with one attached hydrogen (secondary N) is 1. The Hall–Kier alpha value is -1.10. The Labute approximate surface area is 114 Å². The number of carboxylic acid groups (broad SMARTS) is 1. The smallest absolute Gasteiger partial charge is 0.326 e. The van der Waals surface area contributed by atoms with Gasteiger partial charge in [-0.15, -0.1) is 0 Å². The third-order valence-electron chi connectivity index (χ3n) is 4.49. The molecule has 3 atom stereocenters. The SMILES string of the molecule is CC(CC(=O)N1CCCC1C(=O)O)C1CCCNC1. The maximum absolute atomic E-state index is 12.3. The maximum Gasteiger partial charge on any atom is 0.326 e. The van der Waals surface area contributed by atoms with Crippen molar-refractivity contribution in [2.24, 2.45) is 11.8 Å². The van der Waals surface area contributed by atoms with E-state index in [-0.39, 0.29) is 5.91 Å².